The Balaban J connectivity index is 0.000000125. The van der Waals surface area contributed by atoms with Gasteiger partial charge in [0.15, 0.2) is 17.1 Å². The van der Waals surface area contributed by atoms with Crippen molar-refractivity contribution in [1.82, 2.24) is 83.5 Å². The van der Waals surface area contributed by atoms with Gasteiger partial charge in [-0.05, 0) is 232 Å². The Morgan fingerprint density at radius 3 is 1.25 bits per heavy atom. The van der Waals surface area contributed by atoms with Crippen LogP contribution in [0.2, 0.25) is 0 Å². The third-order valence-corrected chi connectivity index (χ3v) is 26.9. The molecule has 0 spiro atoms. The molecule has 9 aromatic heterocycles. The summed E-state index contributed by atoms with van der Waals surface area (Å²) in [5, 5.41) is 18.1. The number of benzene rings is 7. The van der Waals surface area contributed by atoms with Crippen LogP contribution in [0.25, 0.3) is 62.6 Å². The summed E-state index contributed by atoms with van der Waals surface area (Å²) >= 11 is 0. The van der Waals surface area contributed by atoms with Gasteiger partial charge in [-0.3, -0.25) is 44.7 Å². The first kappa shape index (κ1) is 91.7. The molecule has 134 heavy (non-hydrogen) atoms. The van der Waals surface area contributed by atoms with Crippen LogP contribution < -0.4 is 22.2 Å². The molecule has 16 aromatic rings. The summed E-state index contributed by atoms with van der Waals surface area (Å²) in [5.41, 5.74) is 9.91. The number of nitrogens with one attached hydrogen (secondary N) is 7. The largest absolute Gasteiger partial charge is 0.416 e. The van der Waals surface area contributed by atoms with Crippen molar-refractivity contribution < 1.29 is 61.1 Å². The van der Waals surface area contributed by atoms with Gasteiger partial charge in [-0.2, -0.15) is 64.2 Å². The molecule has 37 heteroatoms. The maximum Gasteiger partial charge on any atom is 0.416 e. The van der Waals surface area contributed by atoms with Crippen molar-refractivity contribution in [2.45, 2.75) is 158 Å². The number of hydrogen-bond acceptors (Lipinski definition) is 12. The van der Waals surface area contributed by atoms with Crippen molar-refractivity contribution in [3.8, 4) is 40.2 Å². The number of halogens is 12. The number of piperidine rings is 1. The fraction of sp³-hybridized carbons (Fsp3) is 0.278. The molecule has 20 rings (SSSR count). The third-order valence-electron chi connectivity index (χ3n) is 24.5. The minimum absolute atomic E-state index is 0.0596. The first-order chi connectivity index (χ1) is 64.3. The molecule has 692 valence electrons. The van der Waals surface area contributed by atoms with Crippen molar-refractivity contribution in [3.05, 3.63) is 356 Å². The molecule has 24 nitrogen and oxygen atoms in total. The number of aryl methyl sites for hydroxylation is 4. The number of aromatic nitrogens is 16. The lowest BCUT2D eigenvalue weighted by Gasteiger charge is -2.34. The van der Waals surface area contributed by atoms with Crippen LogP contribution in [-0.2, 0) is 86.1 Å². The smallest absolute Gasteiger partial charge is 0.321 e. The first-order valence-corrected chi connectivity index (χ1v) is 45.2. The van der Waals surface area contributed by atoms with Gasteiger partial charge in [0, 0.05) is 90.4 Å². The molecule has 11 heterocycles. The van der Waals surface area contributed by atoms with E-state index in [1.54, 1.807) is 82.0 Å². The van der Waals surface area contributed by atoms with Gasteiger partial charge in [0.25, 0.3) is 28.2 Å². The third kappa shape index (κ3) is 20.7. The molecule has 7 aromatic carbocycles. The second kappa shape index (κ2) is 38.5. The van der Waals surface area contributed by atoms with E-state index in [0.717, 1.165) is 136 Å². The van der Waals surface area contributed by atoms with E-state index >= 15 is 0 Å². The van der Waals surface area contributed by atoms with E-state index in [0.29, 0.717) is 140 Å². The van der Waals surface area contributed by atoms with Crippen LogP contribution in [0.1, 0.15) is 155 Å². The number of hydrogen-bond donors (Lipinski definition) is 7. The number of nitrogens with zero attached hydrogens (tertiary/aromatic N) is 11. The zero-order valence-corrected chi connectivity index (χ0v) is 72.7. The lowest BCUT2D eigenvalue weighted by atomic mass is 9.90. The number of alkyl halides is 8. The second-order valence-corrected chi connectivity index (χ2v) is 35.9. The molecule has 2 aliphatic carbocycles. The van der Waals surface area contributed by atoms with Crippen LogP contribution in [0, 0.1) is 23.3 Å². The van der Waals surface area contributed by atoms with E-state index < -0.39 is 62.1 Å². The highest BCUT2D eigenvalue weighted by molar-refractivity contribution is 7.89. The second-order valence-electron chi connectivity index (χ2n) is 33.6. The van der Waals surface area contributed by atoms with Crippen LogP contribution in [0.4, 0.5) is 58.4 Å². The number of sulfonamides is 1. The number of H-pyrrole nitrogens is 7. The Morgan fingerprint density at radius 2 is 0.828 bits per heavy atom. The van der Waals surface area contributed by atoms with E-state index in [4.69, 9.17) is 4.99 Å². The van der Waals surface area contributed by atoms with Gasteiger partial charge in [0.1, 0.15) is 34.8 Å². The van der Waals surface area contributed by atoms with E-state index in [2.05, 4.69) is 60.5 Å². The quantitative estimate of drug-likeness (QED) is 0.0313. The van der Waals surface area contributed by atoms with E-state index in [1.807, 2.05) is 36.4 Å². The van der Waals surface area contributed by atoms with Crippen LogP contribution in [0.5, 0.6) is 0 Å². The van der Waals surface area contributed by atoms with E-state index in [1.165, 1.54) is 82.2 Å². The predicted octanol–water partition coefficient (Wildman–Crippen LogP) is 19.0. The standard InChI is InChI=1S/C30H35FN4O3S.C24H17F4N5O.C23H18F6N4O.C20H18FN5O/c31-24-13-10-21(11-14-24)12-15-26-29(33-35(30(26)36)28-20-23-6-4-5-9-27(23)32-28)22-16-18-34(19-17-22)39(37,38)25-7-2-1-3-8-25;25-17-10-3-14(4-11-17)5-12-18-20(15-6-8-16(9-7-15)24(26,27)28)32-33(22(18)34)23-30-19-2-1-13-29-21(19)31-23;1-22(25,26)18-12-19(31-30-18)33-21(34)17(11-4-13-2-9-16(24)10-3-13)20(32-33)14-5-7-15(8-6-14)23(27,28)29;21-14-8-3-12(4-9-14)5-10-15-17(13-6-7-13)25-26(19(15)27)20-23-16-2-1-11-22-18(16)24-20/h4-6,9-11,13-14,22,25,33H,1-3,7-8,12,15-20H2;1-4,6-11,13,32H,5,12H2,(H,29,30,31);2-3,5-10,12,32H,4,11H2,1H3,(H,30,31);1-4,8-9,11,13,25H,5-7,10H2,(H,22,23,24). The van der Waals surface area contributed by atoms with Gasteiger partial charge in [-0.15, -0.1) is 0 Å². The molecule has 0 atom stereocenters. The zero-order valence-electron chi connectivity index (χ0n) is 71.9. The summed E-state index contributed by atoms with van der Waals surface area (Å²) < 4.78 is 192. The lowest BCUT2D eigenvalue weighted by Crippen LogP contribution is -2.43. The molecule has 3 fully saturated rings. The molecule has 2 aliphatic heterocycles. The van der Waals surface area contributed by atoms with Crippen molar-refractivity contribution in [1.29, 1.82) is 0 Å². The first-order valence-electron chi connectivity index (χ1n) is 43.7. The predicted molar refractivity (Wildman–Crippen MR) is 481 cm³/mol. The molecule has 2 saturated carbocycles. The van der Waals surface area contributed by atoms with Gasteiger partial charge in [-0.1, -0.05) is 110 Å². The summed E-state index contributed by atoms with van der Waals surface area (Å²) in [6, 6.07) is 49.3. The Bertz CT molecular complexity index is 7220. The van der Waals surface area contributed by atoms with Crippen LogP contribution in [0.15, 0.2) is 237 Å². The van der Waals surface area contributed by atoms with Crippen LogP contribution >= 0.6 is 0 Å². The molecule has 0 amide bonds. The van der Waals surface area contributed by atoms with E-state index in [9.17, 15) is 80.3 Å². The molecule has 1 saturated heterocycles. The molecule has 0 radical (unpaired) electrons. The highest BCUT2D eigenvalue weighted by atomic mass is 32.2. The van der Waals surface area contributed by atoms with Gasteiger partial charge < -0.3 is 9.97 Å². The Morgan fingerprint density at radius 1 is 0.425 bits per heavy atom. The fourth-order valence-corrected chi connectivity index (χ4v) is 19.2. The van der Waals surface area contributed by atoms with Gasteiger partial charge in [0.2, 0.25) is 21.9 Å². The normalized spacial score (nSPS) is 14.6. The van der Waals surface area contributed by atoms with Crippen molar-refractivity contribution in [2.24, 2.45) is 4.99 Å². The minimum atomic E-state index is -4.53. The van der Waals surface area contributed by atoms with Crippen molar-refractivity contribution >= 4 is 43.9 Å². The highest BCUT2D eigenvalue weighted by Crippen LogP contribution is 2.42. The Labute approximate surface area is 756 Å². The molecular weight excluding hydrogens is 1770 g/mol. The highest BCUT2D eigenvalue weighted by Gasteiger charge is 2.39. The number of pyridine rings is 2. The number of imidazole rings is 2. The zero-order chi connectivity index (χ0) is 93.9. The van der Waals surface area contributed by atoms with Crippen molar-refractivity contribution in [2.75, 3.05) is 13.1 Å². The maximum absolute atomic E-state index is 13.8. The molecule has 7 N–H and O–H groups in total. The lowest BCUT2D eigenvalue weighted by molar-refractivity contribution is -0.138. The summed E-state index contributed by atoms with van der Waals surface area (Å²) in [7, 11) is -3.29. The van der Waals surface area contributed by atoms with Gasteiger partial charge in [0.05, 0.1) is 44.5 Å². The number of fused-ring (bicyclic) bond motifs is 3. The Hall–Kier alpha value is -14.2. The molecular formula is C97H88F12N18O6S. The average Bonchev–Trinajstić information content (AvgIpc) is 1.60. The van der Waals surface area contributed by atoms with Gasteiger partial charge in [-0.25, -0.2) is 49.9 Å². The van der Waals surface area contributed by atoms with Gasteiger partial charge >= 0.3 is 12.4 Å². The monoisotopic (exact) mass is 1860 g/mol. The van der Waals surface area contributed by atoms with Crippen molar-refractivity contribution in [3.63, 3.8) is 0 Å². The SMILES string of the molecule is CC(F)(F)c1cc(-n2[nH]c(-c3ccc(C(F)(F)F)cc3)c(CCc3ccc(F)cc3)c2=O)n[nH]1.O=c1c(CCc2ccc(F)cc2)c(-c2ccc(C(F)(F)F)cc2)[nH]n1-c1nc2ncccc2[nH]1.O=c1c(CCc2ccc(F)cc2)c(C2CC2)[nH]n1-c1nc2ncccc2[nH]1.O=c1c(CCc2ccc(F)cc2)c(C2CCN(S(=O)(=O)C3CCCCC3)CC2)[nH]n1C1=Nc2ccccc2C1. The summed E-state index contributed by atoms with van der Waals surface area (Å²) in [6.45, 7) is 1.62. The maximum atomic E-state index is 13.8. The summed E-state index contributed by atoms with van der Waals surface area (Å²) in [6.07, 6.45) is 6.59. The average molecular weight is 1860 g/mol. The molecule has 4 aliphatic rings. The summed E-state index contributed by atoms with van der Waals surface area (Å²) in [5.74, 6) is -2.86. The molecule has 0 bridgehead atoms. The van der Waals surface area contributed by atoms with E-state index in [-0.39, 0.29) is 75.6 Å². The number of aliphatic imine (C=N–C) groups is 1. The van der Waals surface area contributed by atoms with Crippen LogP contribution in [0.3, 0.4) is 0 Å². The number of rotatable bonds is 22. The van der Waals surface area contributed by atoms with Crippen LogP contribution in [-0.4, -0.2) is 116 Å². The summed E-state index contributed by atoms with van der Waals surface area (Å²) in [4.78, 5) is 81.4. The molecule has 0 unspecified atom stereocenters. The number of para-hydroxylation sites is 1. The fourth-order valence-electron chi connectivity index (χ4n) is 17.1. The Kier molecular flexibility index (Phi) is 26.4. The topological polar surface area (TPSA) is 313 Å². The number of aromatic amines is 7. The minimum Gasteiger partial charge on any atom is -0.321 e.